The summed E-state index contributed by atoms with van der Waals surface area (Å²) in [4.78, 5) is 26.8. The van der Waals surface area contributed by atoms with Gasteiger partial charge in [0.15, 0.2) is 5.60 Å². The van der Waals surface area contributed by atoms with Crippen LogP contribution in [0.25, 0.3) is 0 Å². The van der Waals surface area contributed by atoms with E-state index >= 15 is 0 Å². The van der Waals surface area contributed by atoms with Crippen LogP contribution in [0, 0.1) is 34.6 Å². The third-order valence-corrected chi connectivity index (χ3v) is 8.78. The quantitative estimate of drug-likeness (QED) is 0.249. The fourth-order valence-electron chi connectivity index (χ4n) is 6.17. The van der Waals surface area contributed by atoms with Gasteiger partial charge >= 0.3 is 5.97 Å². The van der Waals surface area contributed by atoms with Crippen LogP contribution in [-0.4, -0.2) is 18.4 Å². The minimum Gasteiger partial charge on any atom is -0.456 e. The first-order valence-electron chi connectivity index (χ1n) is 14.1. The number of esters is 1. The van der Waals surface area contributed by atoms with Crippen molar-refractivity contribution in [3.05, 3.63) is 116 Å². The molecule has 1 amide bonds. The molecule has 2 aliphatic rings. The maximum Gasteiger partial charge on any atom is 0.340 e. The van der Waals surface area contributed by atoms with Crippen LogP contribution in [-0.2, 0) is 10.3 Å². The van der Waals surface area contributed by atoms with Crippen molar-refractivity contribution in [2.24, 2.45) is 0 Å². The lowest BCUT2D eigenvalue weighted by molar-refractivity contribution is 0.0224. The van der Waals surface area contributed by atoms with Crippen LogP contribution in [0.1, 0.15) is 78.6 Å². The Morgan fingerprint density at radius 1 is 0.756 bits per heavy atom. The Hall–Kier alpha value is -4.58. The first-order valence-corrected chi connectivity index (χ1v) is 14.1. The lowest BCUT2D eigenvalue weighted by atomic mass is 9.77. The number of carbonyl (C=O) groups is 2. The van der Waals surface area contributed by atoms with Gasteiger partial charge in [0.05, 0.1) is 5.56 Å². The monoisotopic (exact) mass is 546 g/mol. The van der Waals surface area contributed by atoms with Gasteiger partial charge in [0, 0.05) is 52.3 Å². The molecule has 6 heteroatoms. The second-order valence-corrected chi connectivity index (χ2v) is 11.0. The molecule has 2 N–H and O–H groups in total. The van der Waals surface area contributed by atoms with Crippen molar-refractivity contribution in [1.29, 1.82) is 0 Å². The molecule has 1 unspecified atom stereocenters. The van der Waals surface area contributed by atoms with Crippen LogP contribution in [0.4, 0.5) is 11.4 Å². The van der Waals surface area contributed by atoms with Crippen LogP contribution in [0.2, 0.25) is 0 Å². The van der Waals surface area contributed by atoms with E-state index in [-0.39, 0.29) is 11.9 Å². The molecule has 4 aromatic carbocycles. The highest BCUT2D eigenvalue weighted by atomic mass is 16.6. The van der Waals surface area contributed by atoms with E-state index in [0.717, 1.165) is 52.0 Å². The van der Waals surface area contributed by atoms with E-state index in [0.29, 0.717) is 33.9 Å². The number of benzene rings is 4. The number of amides is 1. The van der Waals surface area contributed by atoms with E-state index in [9.17, 15) is 9.59 Å². The predicted molar refractivity (Wildman–Crippen MR) is 162 cm³/mol. The molecular formula is C35H34N2O4. The smallest absolute Gasteiger partial charge is 0.340 e. The predicted octanol–water partition coefficient (Wildman–Crippen LogP) is 7.87. The van der Waals surface area contributed by atoms with Crippen molar-refractivity contribution in [3.8, 4) is 11.5 Å². The molecular weight excluding hydrogens is 512 g/mol. The fraction of sp³-hybridized carbons (Fsp3) is 0.257. The third-order valence-electron chi connectivity index (χ3n) is 8.78. The number of rotatable bonds is 5. The summed E-state index contributed by atoms with van der Waals surface area (Å²) >= 11 is 0. The second kappa shape index (κ2) is 9.81. The fourth-order valence-corrected chi connectivity index (χ4v) is 6.17. The van der Waals surface area contributed by atoms with Gasteiger partial charge in [0.2, 0.25) is 0 Å². The van der Waals surface area contributed by atoms with Gasteiger partial charge in [-0.15, -0.1) is 0 Å². The molecule has 6 nitrogen and oxygen atoms in total. The van der Waals surface area contributed by atoms with Crippen molar-refractivity contribution in [2.75, 3.05) is 17.2 Å². The molecule has 0 fully saturated rings. The largest absolute Gasteiger partial charge is 0.456 e. The summed E-state index contributed by atoms with van der Waals surface area (Å²) in [5.41, 5.74) is 9.26. The Balaban J connectivity index is 1.46. The van der Waals surface area contributed by atoms with Crippen molar-refractivity contribution < 1.29 is 19.1 Å². The van der Waals surface area contributed by atoms with E-state index in [1.165, 1.54) is 5.56 Å². The molecule has 6 rings (SSSR count). The van der Waals surface area contributed by atoms with Gasteiger partial charge in [-0.05, 0) is 99.2 Å². The molecule has 0 bridgehead atoms. The first-order chi connectivity index (χ1) is 19.7. The molecule has 1 atom stereocenters. The van der Waals surface area contributed by atoms with E-state index in [1.54, 1.807) is 6.07 Å². The van der Waals surface area contributed by atoms with Gasteiger partial charge in [0.1, 0.15) is 11.5 Å². The number of anilines is 2. The Morgan fingerprint density at radius 2 is 1.34 bits per heavy atom. The third kappa shape index (κ3) is 4.00. The summed E-state index contributed by atoms with van der Waals surface area (Å²) in [5.74, 6) is 0.585. The lowest BCUT2D eigenvalue weighted by Gasteiger charge is -2.37. The molecule has 2 heterocycles. The van der Waals surface area contributed by atoms with E-state index in [1.807, 2.05) is 68.4 Å². The maximum absolute atomic E-state index is 13.6. The molecule has 0 saturated carbocycles. The number of fused-ring (bicyclic) bond motifs is 6. The standard InChI is InChI=1S/C35H34N2O4/c1-7-16-36-24-12-14-28-30(17-24)40-31-18-25(37-33(38)32-22(5)20(3)19(2)21(4)23(32)6)13-15-29(31)35(28)27-11-9-8-10-26(27)34(39)41-35/h8-15,17-18,36H,7,16H2,1-6H3,(H,37,38). The molecule has 0 saturated heterocycles. The van der Waals surface area contributed by atoms with Gasteiger partial charge in [-0.1, -0.05) is 25.1 Å². The number of carbonyl (C=O) groups excluding carboxylic acids is 2. The average molecular weight is 547 g/mol. The Morgan fingerprint density at radius 3 is 2.00 bits per heavy atom. The summed E-state index contributed by atoms with van der Waals surface area (Å²) in [6.07, 6.45) is 0.984. The second-order valence-electron chi connectivity index (χ2n) is 11.0. The Kier molecular flexibility index (Phi) is 6.37. The number of ether oxygens (including phenoxy) is 2. The average Bonchev–Trinajstić information content (AvgIpc) is 3.26. The van der Waals surface area contributed by atoms with Gasteiger partial charge in [0.25, 0.3) is 5.91 Å². The van der Waals surface area contributed by atoms with E-state index in [2.05, 4.69) is 38.3 Å². The molecule has 208 valence electrons. The zero-order valence-electron chi connectivity index (χ0n) is 24.3. The van der Waals surface area contributed by atoms with Crippen molar-refractivity contribution in [1.82, 2.24) is 0 Å². The molecule has 4 aromatic rings. The van der Waals surface area contributed by atoms with Crippen molar-refractivity contribution >= 4 is 23.3 Å². The summed E-state index contributed by atoms with van der Waals surface area (Å²) in [5, 5.41) is 6.50. The van der Waals surface area contributed by atoms with Gasteiger partial charge in [-0.2, -0.15) is 0 Å². The molecule has 0 radical (unpaired) electrons. The number of hydrogen-bond acceptors (Lipinski definition) is 5. The SMILES string of the molecule is CCCNc1ccc2c(c1)Oc1cc(NC(=O)c3c(C)c(C)c(C)c(C)c3C)ccc1C21OC(=O)c2ccccc21. The van der Waals surface area contributed by atoms with Crippen LogP contribution in [0.3, 0.4) is 0 Å². The topological polar surface area (TPSA) is 76.7 Å². The minimum absolute atomic E-state index is 0.166. The zero-order valence-corrected chi connectivity index (χ0v) is 24.3. The molecule has 0 aliphatic carbocycles. The number of nitrogens with one attached hydrogen (secondary N) is 2. The molecule has 2 aliphatic heterocycles. The molecule has 41 heavy (non-hydrogen) atoms. The molecule has 1 spiro atoms. The Bertz CT molecular complexity index is 1730. The highest BCUT2D eigenvalue weighted by Crippen LogP contribution is 2.56. The zero-order chi connectivity index (χ0) is 29.1. The summed E-state index contributed by atoms with van der Waals surface area (Å²) in [7, 11) is 0. The number of hydrogen-bond donors (Lipinski definition) is 2. The highest BCUT2D eigenvalue weighted by molar-refractivity contribution is 6.07. The summed E-state index contributed by atoms with van der Waals surface area (Å²) in [6.45, 7) is 13.1. The highest BCUT2D eigenvalue weighted by Gasteiger charge is 2.53. The van der Waals surface area contributed by atoms with E-state index < -0.39 is 5.60 Å². The van der Waals surface area contributed by atoms with Crippen LogP contribution >= 0.6 is 0 Å². The van der Waals surface area contributed by atoms with Crippen LogP contribution in [0.15, 0.2) is 60.7 Å². The summed E-state index contributed by atoms with van der Waals surface area (Å²) < 4.78 is 12.7. The van der Waals surface area contributed by atoms with Crippen LogP contribution < -0.4 is 15.4 Å². The summed E-state index contributed by atoms with van der Waals surface area (Å²) in [6, 6.07) is 18.9. The first kappa shape index (κ1) is 26.6. The Labute approximate surface area is 240 Å². The normalized spacial score (nSPS) is 16.4. The van der Waals surface area contributed by atoms with E-state index in [4.69, 9.17) is 9.47 Å². The molecule has 0 aromatic heterocycles. The lowest BCUT2D eigenvalue weighted by Crippen LogP contribution is -2.33. The van der Waals surface area contributed by atoms with Crippen molar-refractivity contribution in [2.45, 2.75) is 53.6 Å². The maximum atomic E-state index is 13.6. The van der Waals surface area contributed by atoms with Gasteiger partial charge in [-0.3, -0.25) is 4.79 Å². The van der Waals surface area contributed by atoms with Gasteiger partial charge < -0.3 is 20.1 Å². The van der Waals surface area contributed by atoms with Gasteiger partial charge in [-0.25, -0.2) is 4.79 Å². The minimum atomic E-state index is -1.15. The van der Waals surface area contributed by atoms with Crippen molar-refractivity contribution in [3.63, 3.8) is 0 Å². The van der Waals surface area contributed by atoms with Crippen LogP contribution in [0.5, 0.6) is 11.5 Å².